The van der Waals surface area contributed by atoms with Crippen molar-refractivity contribution in [2.24, 2.45) is 0 Å². The number of piperazine rings is 1. The van der Waals surface area contributed by atoms with E-state index in [-0.39, 0.29) is 47.3 Å². The second kappa shape index (κ2) is 9.34. The fraction of sp³-hybridized carbons (Fsp3) is 0.520. The van der Waals surface area contributed by atoms with Gasteiger partial charge < -0.3 is 5.11 Å². The number of rotatable bonds is 6. The normalized spacial score (nSPS) is 23.1. The first-order chi connectivity index (χ1) is 16.6. The smallest absolute Gasteiger partial charge is 0.376 e. The molecule has 198 valence electrons. The Hall–Kier alpha value is -2.08. The highest BCUT2D eigenvalue weighted by atomic mass is 32.2. The van der Waals surface area contributed by atoms with Crippen LogP contribution >= 0.6 is 0 Å². The summed E-state index contributed by atoms with van der Waals surface area (Å²) in [5.74, 6) is -1.49. The highest BCUT2D eigenvalue weighted by Gasteiger charge is 2.51. The average molecular weight is 533 g/mol. The maximum Gasteiger partial charge on any atom is 0.421 e. The third-order valence-electron chi connectivity index (χ3n) is 7.33. The molecule has 0 saturated carbocycles. The number of hydrogen-bond donors (Lipinski definition) is 1. The Labute approximate surface area is 207 Å². The van der Waals surface area contributed by atoms with E-state index in [4.69, 9.17) is 0 Å². The van der Waals surface area contributed by atoms with Gasteiger partial charge in [0.15, 0.2) is 5.60 Å². The van der Waals surface area contributed by atoms with Crippen molar-refractivity contribution in [1.82, 2.24) is 9.21 Å². The Bertz CT molecular complexity index is 1230. The van der Waals surface area contributed by atoms with Crippen molar-refractivity contribution in [3.05, 3.63) is 58.7 Å². The number of halogens is 5. The molecule has 2 bridgehead atoms. The largest absolute Gasteiger partial charge is 0.421 e. The highest BCUT2D eigenvalue weighted by molar-refractivity contribution is 7.88. The van der Waals surface area contributed by atoms with E-state index in [1.807, 2.05) is 4.90 Å². The van der Waals surface area contributed by atoms with Crippen molar-refractivity contribution in [2.45, 2.75) is 63.5 Å². The minimum Gasteiger partial charge on any atom is -0.376 e. The Balaban J connectivity index is 1.61. The van der Waals surface area contributed by atoms with Crippen LogP contribution in [0.25, 0.3) is 11.1 Å². The minimum absolute atomic E-state index is 0.0110. The molecule has 2 saturated heterocycles. The van der Waals surface area contributed by atoms with Gasteiger partial charge in [0.25, 0.3) is 0 Å². The zero-order valence-corrected chi connectivity index (χ0v) is 21.1. The molecule has 11 heteroatoms. The number of hydrogen-bond acceptors (Lipinski definition) is 4. The quantitative estimate of drug-likeness (QED) is 0.554. The zero-order chi connectivity index (χ0) is 26.6. The lowest BCUT2D eigenvalue weighted by Crippen LogP contribution is -2.55. The summed E-state index contributed by atoms with van der Waals surface area (Å²) in [6.07, 6.45) is -2.07. The van der Waals surface area contributed by atoms with Gasteiger partial charge in [-0.05, 0) is 54.5 Å². The van der Waals surface area contributed by atoms with Crippen LogP contribution in [-0.2, 0) is 28.6 Å². The highest BCUT2D eigenvalue weighted by Crippen LogP contribution is 2.40. The van der Waals surface area contributed by atoms with E-state index < -0.39 is 33.4 Å². The van der Waals surface area contributed by atoms with Crippen LogP contribution in [0.15, 0.2) is 30.3 Å². The van der Waals surface area contributed by atoms with Crippen LogP contribution in [-0.4, -0.2) is 60.3 Å². The second-order valence-corrected chi connectivity index (χ2v) is 11.7. The topological polar surface area (TPSA) is 60.9 Å². The van der Waals surface area contributed by atoms with Gasteiger partial charge in [-0.3, -0.25) is 4.90 Å². The lowest BCUT2D eigenvalue weighted by molar-refractivity contribution is -0.258. The summed E-state index contributed by atoms with van der Waals surface area (Å²) in [5.41, 5.74) is -2.75. The summed E-state index contributed by atoms with van der Waals surface area (Å²) in [4.78, 5) is 1.87. The van der Waals surface area contributed by atoms with Gasteiger partial charge in [-0.25, -0.2) is 17.2 Å². The number of alkyl halides is 3. The molecule has 4 rings (SSSR count). The Morgan fingerprint density at radius 3 is 2.06 bits per heavy atom. The predicted molar refractivity (Wildman–Crippen MR) is 126 cm³/mol. The number of aliphatic hydroxyl groups is 1. The molecule has 0 aromatic heterocycles. The standard InChI is InChI=1S/C25H29F5N2O3S/c1-4-19-20(15-5-7-16(8-6-15)24(2,33)25(28,29)30)11-22(26)21(23(19)27)14-31-12-17-9-10-18(13-31)32(17)36(3,34)35/h5-8,11,17-18,33H,4,9-10,12-14H2,1-3H3. The fourth-order valence-electron chi connectivity index (χ4n) is 5.44. The molecule has 36 heavy (non-hydrogen) atoms. The molecule has 2 aliphatic rings. The van der Waals surface area contributed by atoms with Crippen molar-refractivity contribution in [3.63, 3.8) is 0 Å². The van der Waals surface area contributed by atoms with E-state index in [9.17, 15) is 26.7 Å². The Kier molecular flexibility index (Phi) is 7.00. The third-order valence-corrected chi connectivity index (χ3v) is 8.70. The molecule has 3 unspecified atom stereocenters. The first kappa shape index (κ1) is 27.0. The fourth-order valence-corrected chi connectivity index (χ4v) is 6.87. The Morgan fingerprint density at radius 1 is 1.03 bits per heavy atom. The van der Waals surface area contributed by atoms with Gasteiger partial charge in [0.2, 0.25) is 10.0 Å². The zero-order valence-electron chi connectivity index (χ0n) is 20.2. The number of sulfonamides is 1. The molecular weight excluding hydrogens is 503 g/mol. The van der Waals surface area contributed by atoms with Crippen LogP contribution in [0.4, 0.5) is 22.0 Å². The summed E-state index contributed by atoms with van der Waals surface area (Å²) in [7, 11) is -3.36. The lowest BCUT2D eigenvalue weighted by atomic mass is 9.90. The van der Waals surface area contributed by atoms with Crippen LogP contribution < -0.4 is 0 Å². The maximum atomic E-state index is 15.6. The van der Waals surface area contributed by atoms with E-state index >= 15 is 8.78 Å². The van der Waals surface area contributed by atoms with Gasteiger partial charge in [-0.15, -0.1) is 0 Å². The SMILES string of the molecule is CCc1c(-c2ccc(C(C)(O)C(F)(F)F)cc2)cc(F)c(CN2CC3CCC(C2)N3S(C)(=O)=O)c1F. The van der Waals surface area contributed by atoms with E-state index in [1.54, 1.807) is 6.92 Å². The molecule has 3 atom stereocenters. The molecule has 2 fully saturated rings. The van der Waals surface area contributed by atoms with Gasteiger partial charge in [-0.1, -0.05) is 31.2 Å². The molecule has 5 nitrogen and oxygen atoms in total. The monoisotopic (exact) mass is 532 g/mol. The van der Waals surface area contributed by atoms with Crippen molar-refractivity contribution < 1.29 is 35.5 Å². The van der Waals surface area contributed by atoms with E-state index in [1.165, 1.54) is 28.8 Å². The van der Waals surface area contributed by atoms with Gasteiger partial charge in [-0.2, -0.15) is 17.5 Å². The van der Waals surface area contributed by atoms with Crippen LogP contribution in [0.2, 0.25) is 0 Å². The molecule has 0 radical (unpaired) electrons. The van der Waals surface area contributed by atoms with Crippen molar-refractivity contribution in [3.8, 4) is 11.1 Å². The first-order valence-corrected chi connectivity index (χ1v) is 13.6. The summed E-state index contributed by atoms with van der Waals surface area (Å²) in [6.45, 7) is 3.11. The van der Waals surface area contributed by atoms with Crippen LogP contribution in [0, 0.1) is 11.6 Å². The van der Waals surface area contributed by atoms with E-state index in [0.29, 0.717) is 38.4 Å². The third kappa shape index (κ3) is 4.78. The summed E-state index contributed by atoms with van der Waals surface area (Å²) in [5, 5.41) is 9.88. The first-order valence-electron chi connectivity index (χ1n) is 11.8. The lowest BCUT2D eigenvalue weighted by Gasteiger charge is -2.39. The summed E-state index contributed by atoms with van der Waals surface area (Å²) < 4.78 is 96.0. The van der Waals surface area contributed by atoms with Crippen LogP contribution in [0.5, 0.6) is 0 Å². The average Bonchev–Trinajstić information content (AvgIpc) is 3.07. The molecule has 2 aromatic carbocycles. The summed E-state index contributed by atoms with van der Waals surface area (Å²) in [6, 6.07) is 5.57. The number of nitrogens with zero attached hydrogens (tertiary/aromatic N) is 2. The second-order valence-electron chi connectivity index (χ2n) is 9.85. The Morgan fingerprint density at radius 2 is 1.58 bits per heavy atom. The van der Waals surface area contributed by atoms with Gasteiger partial charge >= 0.3 is 6.18 Å². The van der Waals surface area contributed by atoms with Gasteiger partial charge in [0, 0.05) is 37.3 Å². The van der Waals surface area contributed by atoms with Gasteiger partial charge in [0.05, 0.1) is 6.26 Å². The molecule has 0 aliphatic carbocycles. The molecular formula is C25H29F5N2O3S. The minimum atomic E-state index is -4.88. The molecule has 2 heterocycles. The predicted octanol–water partition coefficient (Wildman–Crippen LogP) is 4.57. The van der Waals surface area contributed by atoms with Crippen LogP contribution in [0.3, 0.4) is 0 Å². The van der Waals surface area contributed by atoms with Crippen LogP contribution in [0.1, 0.15) is 43.4 Å². The van der Waals surface area contributed by atoms with Gasteiger partial charge in [0.1, 0.15) is 11.6 Å². The summed E-state index contributed by atoms with van der Waals surface area (Å²) >= 11 is 0. The van der Waals surface area contributed by atoms with Crippen molar-refractivity contribution in [2.75, 3.05) is 19.3 Å². The molecule has 2 aliphatic heterocycles. The number of benzene rings is 2. The number of fused-ring (bicyclic) bond motifs is 2. The van der Waals surface area contributed by atoms with E-state index in [2.05, 4.69) is 0 Å². The number of likely N-dealkylation sites (tertiary alicyclic amines) is 1. The molecule has 0 amide bonds. The molecule has 1 N–H and O–H groups in total. The molecule has 0 spiro atoms. The van der Waals surface area contributed by atoms with E-state index in [0.717, 1.165) is 12.1 Å². The van der Waals surface area contributed by atoms with Crippen molar-refractivity contribution >= 4 is 10.0 Å². The molecule has 2 aromatic rings. The van der Waals surface area contributed by atoms with Crippen molar-refractivity contribution in [1.29, 1.82) is 0 Å². The maximum absolute atomic E-state index is 15.6.